The Kier molecular flexibility index (Phi) is 3.07. The lowest BCUT2D eigenvalue weighted by Gasteiger charge is -2.29. The molecule has 0 saturated heterocycles. The minimum Gasteiger partial charge on any atom is -0.505 e. The van der Waals surface area contributed by atoms with Crippen molar-refractivity contribution < 1.29 is 23.4 Å². The molecule has 0 unspecified atom stereocenters. The van der Waals surface area contributed by atoms with Crippen molar-refractivity contribution in [3.8, 4) is 0 Å². The van der Waals surface area contributed by atoms with Gasteiger partial charge < -0.3 is 10.2 Å². The van der Waals surface area contributed by atoms with E-state index in [-0.39, 0.29) is 17.0 Å². The van der Waals surface area contributed by atoms with Crippen LogP contribution in [-0.4, -0.2) is 35.5 Å². The van der Waals surface area contributed by atoms with Crippen LogP contribution >= 0.6 is 0 Å². The number of aliphatic hydroxyl groups excluding tert-OH is 1. The number of rotatable bonds is 3. The molecule has 0 atom stereocenters. The molecule has 1 aliphatic heterocycles. The van der Waals surface area contributed by atoms with Gasteiger partial charge in [0.25, 0.3) is 10.0 Å². The molecule has 0 aromatic heterocycles. The number of carboxylic acids is 1. The van der Waals surface area contributed by atoms with E-state index < -0.39 is 27.4 Å². The standard InChI is InChI=1S/C12H11NO5S/c1-2-7-13-10(12(15)16)11(14)8-5-3-4-6-9(8)19(13,17)18/h2-6,14H,1,7H2,(H,15,16). The highest BCUT2D eigenvalue weighted by atomic mass is 32.2. The number of benzene rings is 1. The zero-order chi connectivity index (χ0) is 14.2. The summed E-state index contributed by atoms with van der Waals surface area (Å²) in [6.45, 7) is 3.16. The Hall–Kier alpha value is -2.28. The molecule has 0 bridgehead atoms. The van der Waals surface area contributed by atoms with Crippen LogP contribution in [0.25, 0.3) is 5.76 Å². The molecule has 1 aromatic carbocycles. The van der Waals surface area contributed by atoms with Gasteiger partial charge in [0.15, 0.2) is 11.5 Å². The van der Waals surface area contributed by atoms with Crippen molar-refractivity contribution in [3.05, 3.63) is 48.2 Å². The Bertz CT molecular complexity index is 690. The number of aliphatic hydroxyl groups is 1. The third-order valence-electron chi connectivity index (χ3n) is 2.68. The molecule has 0 saturated carbocycles. The molecule has 1 heterocycles. The number of aliphatic carboxylic acids is 1. The second kappa shape index (κ2) is 4.43. The molecule has 2 N–H and O–H groups in total. The van der Waals surface area contributed by atoms with E-state index in [1.54, 1.807) is 0 Å². The summed E-state index contributed by atoms with van der Waals surface area (Å²) < 4.78 is 25.3. The number of carbonyl (C=O) groups is 1. The van der Waals surface area contributed by atoms with Crippen molar-refractivity contribution in [2.75, 3.05) is 6.54 Å². The minimum absolute atomic E-state index is 0.0137. The number of hydrogen-bond acceptors (Lipinski definition) is 4. The van der Waals surface area contributed by atoms with Gasteiger partial charge in [0.05, 0.1) is 11.4 Å². The second-order valence-electron chi connectivity index (χ2n) is 3.82. The molecule has 6 nitrogen and oxygen atoms in total. The van der Waals surface area contributed by atoms with Crippen LogP contribution in [0, 0.1) is 0 Å². The summed E-state index contributed by atoms with van der Waals surface area (Å²) >= 11 is 0. The number of sulfonamides is 1. The van der Waals surface area contributed by atoms with Crippen molar-refractivity contribution in [1.29, 1.82) is 0 Å². The van der Waals surface area contributed by atoms with Gasteiger partial charge >= 0.3 is 5.97 Å². The highest BCUT2D eigenvalue weighted by Crippen LogP contribution is 2.35. The maximum Gasteiger partial charge on any atom is 0.357 e. The van der Waals surface area contributed by atoms with Crippen LogP contribution < -0.4 is 0 Å². The van der Waals surface area contributed by atoms with Crippen LogP contribution in [0.15, 0.2) is 47.5 Å². The number of nitrogens with zero attached hydrogens (tertiary/aromatic N) is 1. The van der Waals surface area contributed by atoms with Crippen LogP contribution in [0.3, 0.4) is 0 Å². The Morgan fingerprint density at radius 2 is 2.00 bits per heavy atom. The molecule has 19 heavy (non-hydrogen) atoms. The maximum atomic E-state index is 12.3. The molecule has 0 aliphatic carbocycles. The van der Waals surface area contributed by atoms with Crippen molar-refractivity contribution >= 4 is 21.8 Å². The van der Waals surface area contributed by atoms with Crippen molar-refractivity contribution in [2.24, 2.45) is 0 Å². The van der Waals surface area contributed by atoms with Crippen LogP contribution in [0.4, 0.5) is 0 Å². The van der Waals surface area contributed by atoms with E-state index in [1.807, 2.05) is 0 Å². The van der Waals surface area contributed by atoms with E-state index in [0.717, 1.165) is 0 Å². The lowest BCUT2D eigenvalue weighted by atomic mass is 10.1. The van der Waals surface area contributed by atoms with Crippen molar-refractivity contribution in [1.82, 2.24) is 4.31 Å². The average Bonchev–Trinajstić information content (AvgIpc) is 2.36. The van der Waals surface area contributed by atoms with Crippen molar-refractivity contribution in [2.45, 2.75) is 4.90 Å². The highest BCUT2D eigenvalue weighted by Gasteiger charge is 2.39. The van der Waals surface area contributed by atoms with Gasteiger partial charge in [-0.2, -0.15) is 0 Å². The fourth-order valence-corrected chi connectivity index (χ4v) is 3.52. The van der Waals surface area contributed by atoms with Gasteiger partial charge in [-0.15, -0.1) is 6.58 Å². The first-order valence-corrected chi connectivity index (χ1v) is 6.75. The Balaban J connectivity index is 2.83. The lowest BCUT2D eigenvalue weighted by Crippen LogP contribution is -2.38. The second-order valence-corrected chi connectivity index (χ2v) is 5.65. The maximum absolute atomic E-state index is 12.3. The van der Waals surface area contributed by atoms with Crippen molar-refractivity contribution in [3.63, 3.8) is 0 Å². The smallest absolute Gasteiger partial charge is 0.357 e. The first-order chi connectivity index (χ1) is 8.91. The molecule has 7 heteroatoms. The van der Waals surface area contributed by atoms with Crippen LogP contribution in [0.1, 0.15) is 5.56 Å². The summed E-state index contributed by atoms with van der Waals surface area (Å²) in [5.41, 5.74) is -0.682. The predicted octanol–water partition coefficient (Wildman–Crippen LogP) is 1.19. The van der Waals surface area contributed by atoms with E-state index in [9.17, 15) is 18.3 Å². The van der Waals surface area contributed by atoms with Gasteiger partial charge in [-0.3, -0.25) is 4.31 Å². The molecule has 0 fully saturated rings. The van der Waals surface area contributed by atoms with Crippen LogP contribution in [-0.2, 0) is 14.8 Å². The topological polar surface area (TPSA) is 94.9 Å². The lowest BCUT2D eigenvalue weighted by molar-refractivity contribution is -0.133. The molecule has 1 aromatic rings. The van der Waals surface area contributed by atoms with Gasteiger partial charge in [0.1, 0.15) is 0 Å². The fraction of sp³-hybridized carbons (Fsp3) is 0.0833. The van der Waals surface area contributed by atoms with Gasteiger partial charge in [0.2, 0.25) is 0 Å². The zero-order valence-corrected chi connectivity index (χ0v) is 10.6. The summed E-state index contributed by atoms with van der Waals surface area (Å²) in [5, 5.41) is 19.1. The molecular formula is C12H11NO5S. The molecular weight excluding hydrogens is 270 g/mol. The van der Waals surface area contributed by atoms with Gasteiger partial charge in [0, 0.05) is 5.56 Å². The third-order valence-corrected chi connectivity index (χ3v) is 4.51. The normalized spacial score (nSPS) is 16.9. The van der Waals surface area contributed by atoms with Gasteiger partial charge in [-0.25, -0.2) is 13.2 Å². The molecule has 1 aliphatic rings. The Labute approximate surface area is 110 Å². The first kappa shape index (κ1) is 13.2. The summed E-state index contributed by atoms with van der Waals surface area (Å²) in [7, 11) is -4.01. The average molecular weight is 281 g/mol. The van der Waals surface area contributed by atoms with E-state index in [2.05, 4.69) is 6.58 Å². The minimum atomic E-state index is -4.01. The molecule has 0 spiro atoms. The van der Waals surface area contributed by atoms with Gasteiger partial charge in [-0.05, 0) is 12.1 Å². The van der Waals surface area contributed by atoms with E-state index >= 15 is 0 Å². The summed E-state index contributed by atoms with van der Waals surface area (Å²) in [5.74, 6) is -2.09. The molecule has 0 amide bonds. The van der Waals surface area contributed by atoms with Crippen LogP contribution in [0.2, 0.25) is 0 Å². The monoisotopic (exact) mass is 281 g/mol. The van der Waals surface area contributed by atoms with Crippen LogP contribution in [0.5, 0.6) is 0 Å². The third kappa shape index (κ3) is 1.88. The Morgan fingerprint density at radius 1 is 1.37 bits per heavy atom. The largest absolute Gasteiger partial charge is 0.505 e. The quantitative estimate of drug-likeness (QED) is 0.811. The predicted molar refractivity (Wildman–Crippen MR) is 67.7 cm³/mol. The zero-order valence-electron chi connectivity index (χ0n) is 9.78. The van der Waals surface area contributed by atoms with Gasteiger partial charge in [-0.1, -0.05) is 18.2 Å². The van der Waals surface area contributed by atoms with E-state index in [4.69, 9.17) is 5.11 Å². The number of hydrogen-bond donors (Lipinski definition) is 2. The van der Waals surface area contributed by atoms with E-state index in [0.29, 0.717) is 4.31 Å². The highest BCUT2D eigenvalue weighted by molar-refractivity contribution is 7.89. The number of fused-ring (bicyclic) bond motifs is 1. The Morgan fingerprint density at radius 3 is 2.58 bits per heavy atom. The fourth-order valence-electron chi connectivity index (χ4n) is 1.89. The number of carboxylic acid groups (broad SMARTS) is 1. The summed E-state index contributed by atoms with van der Waals surface area (Å²) in [6, 6.07) is 5.70. The molecule has 100 valence electrons. The molecule has 2 rings (SSSR count). The summed E-state index contributed by atoms with van der Waals surface area (Å²) in [6.07, 6.45) is 1.25. The summed E-state index contributed by atoms with van der Waals surface area (Å²) in [4.78, 5) is 11.1. The SMILES string of the molecule is C=CCN1C(C(=O)O)=C(O)c2ccccc2S1(=O)=O. The first-order valence-electron chi connectivity index (χ1n) is 5.31. The van der Waals surface area contributed by atoms with E-state index in [1.165, 1.54) is 30.3 Å². The molecule has 0 radical (unpaired) electrons.